The summed E-state index contributed by atoms with van der Waals surface area (Å²) >= 11 is 1.62. The molecule has 0 bridgehead atoms. The van der Waals surface area contributed by atoms with Crippen molar-refractivity contribution in [1.29, 1.82) is 0 Å². The second kappa shape index (κ2) is 10.7. The Morgan fingerprint density at radius 3 is 2.51 bits per heavy atom. The highest BCUT2D eigenvalue weighted by atomic mass is 32.2. The number of carbonyl (C=O) groups is 2. The van der Waals surface area contributed by atoms with Crippen LogP contribution < -0.4 is 10.2 Å². The fourth-order valence-corrected chi connectivity index (χ4v) is 5.95. The van der Waals surface area contributed by atoms with Crippen molar-refractivity contribution in [1.82, 2.24) is 15.1 Å². The van der Waals surface area contributed by atoms with Crippen LogP contribution in [0.3, 0.4) is 0 Å². The van der Waals surface area contributed by atoms with Crippen LogP contribution in [0.5, 0.6) is 0 Å². The highest BCUT2D eigenvalue weighted by molar-refractivity contribution is 8.00. The highest BCUT2D eigenvalue weighted by Gasteiger charge is 2.40. The second-order valence-electron chi connectivity index (χ2n) is 11.3. The predicted molar refractivity (Wildman–Crippen MR) is 153 cm³/mol. The van der Waals surface area contributed by atoms with Crippen molar-refractivity contribution in [2.75, 3.05) is 23.7 Å². The van der Waals surface area contributed by atoms with Crippen molar-refractivity contribution in [3.8, 4) is 5.69 Å². The van der Waals surface area contributed by atoms with E-state index in [4.69, 9.17) is 5.10 Å². The molecule has 37 heavy (non-hydrogen) atoms. The summed E-state index contributed by atoms with van der Waals surface area (Å²) in [5.41, 5.74) is 5.99. The first-order chi connectivity index (χ1) is 17.5. The number of amides is 2. The highest BCUT2D eigenvalue weighted by Crippen LogP contribution is 2.49. The maximum Gasteiger partial charge on any atom is 0.240 e. The zero-order valence-electron chi connectivity index (χ0n) is 23.0. The van der Waals surface area contributed by atoms with E-state index < -0.39 is 0 Å². The first-order valence-corrected chi connectivity index (χ1v) is 14.0. The smallest absolute Gasteiger partial charge is 0.240 e. The van der Waals surface area contributed by atoms with E-state index in [9.17, 15) is 9.59 Å². The van der Waals surface area contributed by atoms with E-state index in [0.717, 1.165) is 22.5 Å². The summed E-state index contributed by atoms with van der Waals surface area (Å²) < 4.78 is 1.88. The Balaban J connectivity index is 1.99. The summed E-state index contributed by atoms with van der Waals surface area (Å²) in [6.45, 7) is 15.3. The zero-order chi connectivity index (χ0) is 26.9. The minimum absolute atomic E-state index is 0.0410. The van der Waals surface area contributed by atoms with Crippen LogP contribution in [0.25, 0.3) is 5.69 Å². The molecule has 4 rings (SSSR count). The van der Waals surface area contributed by atoms with Gasteiger partial charge in [0.05, 0.1) is 22.4 Å². The van der Waals surface area contributed by atoms with Gasteiger partial charge in [-0.05, 0) is 48.6 Å². The van der Waals surface area contributed by atoms with Crippen molar-refractivity contribution in [3.63, 3.8) is 0 Å². The first-order valence-electron chi connectivity index (χ1n) is 12.9. The van der Waals surface area contributed by atoms with Gasteiger partial charge < -0.3 is 5.32 Å². The van der Waals surface area contributed by atoms with Crippen LogP contribution in [0, 0.1) is 19.8 Å². The minimum Gasteiger partial charge on any atom is -0.354 e. The fourth-order valence-electron chi connectivity index (χ4n) is 4.66. The van der Waals surface area contributed by atoms with Gasteiger partial charge in [0.2, 0.25) is 11.8 Å². The van der Waals surface area contributed by atoms with Crippen LogP contribution in [0.1, 0.15) is 67.8 Å². The molecule has 0 unspecified atom stereocenters. The van der Waals surface area contributed by atoms with Crippen LogP contribution in [-0.4, -0.2) is 40.4 Å². The van der Waals surface area contributed by atoms with E-state index in [1.165, 1.54) is 11.1 Å². The molecular formula is C30H38N4O2S. The summed E-state index contributed by atoms with van der Waals surface area (Å²) in [5, 5.41) is 8.07. The Morgan fingerprint density at radius 1 is 1.14 bits per heavy atom. The number of hydrogen-bond donors (Lipinski definition) is 1. The van der Waals surface area contributed by atoms with E-state index in [0.29, 0.717) is 18.3 Å². The van der Waals surface area contributed by atoms with E-state index in [1.807, 2.05) is 41.9 Å². The van der Waals surface area contributed by atoms with Gasteiger partial charge in [0.1, 0.15) is 12.4 Å². The summed E-state index contributed by atoms with van der Waals surface area (Å²) in [4.78, 5) is 28.4. The molecule has 0 radical (unpaired) electrons. The lowest BCUT2D eigenvalue weighted by molar-refractivity contribution is -0.123. The summed E-state index contributed by atoms with van der Waals surface area (Å²) in [6.07, 6.45) is 0. The summed E-state index contributed by atoms with van der Waals surface area (Å²) in [7, 11) is 0. The van der Waals surface area contributed by atoms with Crippen LogP contribution in [0.4, 0.5) is 5.82 Å². The Labute approximate surface area is 224 Å². The number of aryl methyl sites for hydroxylation is 2. The van der Waals surface area contributed by atoms with Gasteiger partial charge in [-0.2, -0.15) is 5.10 Å². The monoisotopic (exact) mass is 518 g/mol. The third kappa shape index (κ3) is 5.77. The number of thioether (sulfide) groups is 1. The number of anilines is 1. The number of carbonyl (C=O) groups excluding carboxylic acids is 2. The van der Waals surface area contributed by atoms with Crippen LogP contribution in [0.2, 0.25) is 0 Å². The van der Waals surface area contributed by atoms with Crippen LogP contribution in [0.15, 0.2) is 48.5 Å². The number of benzene rings is 2. The van der Waals surface area contributed by atoms with E-state index in [2.05, 4.69) is 65.1 Å². The molecule has 0 spiro atoms. The molecule has 0 fully saturated rings. The van der Waals surface area contributed by atoms with Crippen molar-refractivity contribution in [3.05, 3.63) is 76.5 Å². The molecule has 1 aliphatic rings. The van der Waals surface area contributed by atoms with Crippen LogP contribution >= 0.6 is 11.8 Å². The third-order valence-corrected chi connectivity index (χ3v) is 7.76. The fraction of sp³-hybridized carbons (Fsp3) is 0.433. The summed E-state index contributed by atoms with van der Waals surface area (Å²) in [6, 6.07) is 16.5. The number of hydrogen-bond acceptors (Lipinski definition) is 4. The quantitative estimate of drug-likeness (QED) is 0.453. The number of nitrogens with zero attached hydrogens (tertiary/aromatic N) is 3. The van der Waals surface area contributed by atoms with E-state index in [1.54, 1.807) is 16.7 Å². The van der Waals surface area contributed by atoms with Crippen molar-refractivity contribution < 1.29 is 9.59 Å². The Hall–Kier alpha value is -3.06. The lowest BCUT2D eigenvalue weighted by Gasteiger charge is -2.25. The van der Waals surface area contributed by atoms with Crippen molar-refractivity contribution >= 4 is 29.4 Å². The molecule has 7 heteroatoms. The minimum atomic E-state index is -0.278. The Morgan fingerprint density at radius 2 is 1.86 bits per heavy atom. The normalized spacial score (nSPS) is 16.1. The van der Waals surface area contributed by atoms with Crippen molar-refractivity contribution in [2.45, 2.75) is 59.1 Å². The molecule has 2 heterocycles. The maximum atomic E-state index is 13.7. The molecule has 0 saturated carbocycles. The number of nitrogens with one attached hydrogen (secondary N) is 1. The number of fused-ring (bicyclic) bond motifs is 1. The maximum absolute atomic E-state index is 13.7. The van der Waals surface area contributed by atoms with Gasteiger partial charge in [0.25, 0.3) is 0 Å². The van der Waals surface area contributed by atoms with Crippen LogP contribution in [-0.2, 0) is 15.0 Å². The van der Waals surface area contributed by atoms with Gasteiger partial charge in [-0.25, -0.2) is 4.68 Å². The third-order valence-electron chi connectivity index (χ3n) is 6.53. The average molecular weight is 519 g/mol. The van der Waals surface area contributed by atoms with Gasteiger partial charge >= 0.3 is 0 Å². The van der Waals surface area contributed by atoms with Gasteiger partial charge in [-0.15, -0.1) is 11.8 Å². The molecule has 0 aliphatic carbocycles. The largest absolute Gasteiger partial charge is 0.354 e. The second-order valence-corrected chi connectivity index (χ2v) is 12.4. The Kier molecular flexibility index (Phi) is 7.83. The number of rotatable bonds is 6. The van der Waals surface area contributed by atoms with E-state index in [-0.39, 0.29) is 34.8 Å². The molecule has 3 aromatic rings. The lowest BCUT2D eigenvalue weighted by atomic mass is 9.86. The molecule has 2 amide bonds. The molecular weight excluding hydrogens is 480 g/mol. The van der Waals surface area contributed by atoms with Gasteiger partial charge in [-0.3, -0.25) is 14.5 Å². The summed E-state index contributed by atoms with van der Waals surface area (Å²) in [5.74, 6) is 1.05. The SMILES string of the molecule is Cc1cccc(-n2nc(C(C)(C)C)c3c2N(CC(=O)NCC(C)C)C(=O)CS[C@H]3c2ccccc2C)c1. The molecule has 6 nitrogen and oxygen atoms in total. The lowest BCUT2D eigenvalue weighted by Crippen LogP contribution is -2.43. The molecule has 1 aliphatic heterocycles. The number of aromatic nitrogens is 2. The topological polar surface area (TPSA) is 67.2 Å². The van der Waals surface area contributed by atoms with Gasteiger partial charge in [0.15, 0.2) is 0 Å². The van der Waals surface area contributed by atoms with E-state index >= 15 is 0 Å². The molecule has 196 valence electrons. The molecule has 1 aromatic heterocycles. The predicted octanol–water partition coefficient (Wildman–Crippen LogP) is 5.73. The van der Waals surface area contributed by atoms with Crippen molar-refractivity contribution in [2.24, 2.45) is 5.92 Å². The molecule has 1 atom stereocenters. The standard InChI is InChI=1S/C30H38N4O2S/c1-19(2)16-31-24(35)17-33-25(36)18-37-27(23-14-9-8-12-21(23)4)26-28(30(5,6)7)32-34(29(26)33)22-13-10-11-20(3)15-22/h8-15,19,27H,16-18H2,1-7H3,(H,31,35)/t27-/m0/s1. The zero-order valence-corrected chi connectivity index (χ0v) is 23.8. The molecule has 0 saturated heterocycles. The first kappa shape index (κ1) is 27.0. The average Bonchev–Trinajstić information content (AvgIpc) is 3.17. The Bertz CT molecular complexity index is 1310. The molecule has 1 N–H and O–H groups in total. The van der Waals surface area contributed by atoms with Gasteiger partial charge in [-0.1, -0.05) is 71.0 Å². The van der Waals surface area contributed by atoms with Gasteiger partial charge in [0, 0.05) is 17.5 Å². The molecule has 2 aromatic carbocycles.